The normalized spacial score (nSPS) is 20.1. The summed E-state index contributed by atoms with van der Waals surface area (Å²) in [6.07, 6.45) is 3.56. The van der Waals surface area contributed by atoms with Crippen molar-refractivity contribution in [1.29, 1.82) is 0 Å². The Bertz CT molecular complexity index is 779. The maximum atomic E-state index is 12.7. The molecule has 0 aromatic rings. The molecule has 3 aliphatic rings. The van der Waals surface area contributed by atoms with Crippen LogP contribution in [0.3, 0.4) is 0 Å². The van der Waals surface area contributed by atoms with Gasteiger partial charge in [-0.15, -0.1) is 0 Å². The lowest BCUT2D eigenvalue weighted by Crippen LogP contribution is -2.51. The quantitative estimate of drug-likeness (QED) is 0.677. The number of fused-ring (bicyclic) bond motifs is 1. The molecule has 1 saturated heterocycles. The van der Waals surface area contributed by atoms with Crippen LogP contribution in [0, 0.1) is 0 Å². The van der Waals surface area contributed by atoms with Crippen LogP contribution in [0.1, 0.15) is 40.0 Å². The van der Waals surface area contributed by atoms with Crippen LogP contribution in [0.4, 0.5) is 4.79 Å². The Hall–Kier alpha value is -2.55. The van der Waals surface area contributed by atoms with E-state index in [0.717, 1.165) is 18.4 Å². The average molecular weight is 356 g/mol. The lowest BCUT2D eigenvalue weighted by molar-refractivity contribution is -0.128. The second kappa shape index (κ2) is 6.99. The minimum Gasteiger partial charge on any atom is -0.444 e. The van der Waals surface area contributed by atoms with Crippen molar-refractivity contribution < 1.29 is 19.1 Å². The molecule has 2 aliphatic carbocycles. The molecule has 3 rings (SSSR count). The molecular formula is C20H24N2O4. The molecule has 0 spiro atoms. The van der Waals surface area contributed by atoms with Crippen molar-refractivity contribution in [3.63, 3.8) is 0 Å². The van der Waals surface area contributed by atoms with E-state index in [1.54, 1.807) is 15.9 Å². The number of hydrogen-bond acceptors (Lipinski definition) is 4. The Balaban J connectivity index is 1.65. The van der Waals surface area contributed by atoms with E-state index >= 15 is 0 Å². The third-order valence-electron chi connectivity index (χ3n) is 4.54. The molecule has 0 bridgehead atoms. The first kappa shape index (κ1) is 18.2. The van der Waals surface area contributed by atoms with Gasteiger partial charge in [-0.3, -0.25) is 9.59 Å². The van der Waals surface area contributed by atoms with Crippen LogP contribution in [0.5, 0.6) is 0 Å². The van der Waals surface area contributed by atoms with E-state index in [1.807, 2.05) is 20.8 Å². The summed E-state index contributed by atoms with van der Waals surface area (Å²) in [4.78, 5) is 40.0. The van der Waals surface area contributed by atoms with Crippen molar-refractivity contribution in [2.24, 2.45) is 0 Å². The molecule has 0 radical (unpaired) electrons. The highest BCUT2D eigenvalue weighted by Crippen LogP contribution is 2.28. The van der Waals surface area contributed by atoms with Crippen LogP contribution in [-0.2, 0) is 14.3 Å². The summed E-state index contributed by atoms with van der Waals surface area (Å²) in [5, 5.41) is 0. The predicted molar refractivity (Wildman–Crippen MR) is 95.4 cm³/mol. The van der Waals surface area contributed by atoms with Gasteiger partial charge in [-0.05, 0) is 45.3 Å². The van der Waals surface area contributed by atoms with Crippen LogP contribution in [0.25, 0.3) is 0 Å². The van der Waals surface area contributed by atoms with Crippen LogP contribution in [0.15, 0.2) is 34.3 Å². The first-order valence-electron chi connectivity index (χ1n) is 9.02. The molecule has 2 fully saturated rings. The highest BCUT2D eigenvalue weighted by molar-refractivity contribution is 6.03. The maximum absolute atomic E-state index is 12.7. The van der Waals surface area contributed by atoms with E-state index in [4.69, 9.17) is 4.74 Å². The van der Waals surface area contributed by atoms with Crippen molar-refractivity contribution in [3.05, 3.63) is 34.3 Å². The SMILES string of the molecule is CC(C)(C)OC(=O)N1CCN(C(=O)C2=C=C=C3C(=O)CCCC3=C2)CC1. The van der Waals surface area contributed by atoms with E-state index in [0.29, 0.717) is 43.7 Å². The van der Waals surface area contributed by atoms with Gasteiger partial charge in [0.1, 0.15) is 5.60 Å². The van der Waals surface area contributed by atoms with Gasteiger partial charge in [-0.1, -0.05) is 11.5 Å². The lowest BCUT2D eigenvalue weighted by Gasteiger charge is -2.35. The third-order valence-corrected chi connectivity index (χ3v) is 4.54. The van der Waals surface area contributed by atoms with Gasteiger partial charge in [-0.2, -0.15) is 0 Å². The first-order chi connectivity index (χ1) is 12.2. The van der Waals surface area contributed by atoms with E-state index in [9.17, 15) is 14.4 Å². The Morgan fingerprint density at radius 2 is 1.69 bits per heavy atom. The van der Waals surface area contributed by atoms with Gasteiger partial charge in [0.15, 0.2) is 5.78 Å². The third kappa shape index (κ3) is 3.98. The minimum absolute atomic E-state index is 0.0764. The zero-order valence-electron chi connectivity index (χ0n) is 15.6. The fourth-order valence-corrected chi connectivity index (χ4v) is 3.21. The number of carbonyl (C=O) groups excluding carboxylic acids is 3. The zero-order valence-corrected chi connectivity index (χ0v) is 15.6. The predicted octanol–water partition coefficient (Wildman–Crippen LogP) is 2.37. The van der Waals surface area contributed by atoms with Crippen molar-refractivity contribution in [2.75, 3.05) is 26.2 Å². The monoisotopic (exact) mass is 356 g/mol. The topological polar surface area (TPSA) is 66.9 Å². The molecule has 6 nitrogen and oxygen atoms in total. The maximum Gasteiger partial charge on any atom is 0.410 e. The number of ether oxygens (including phenoxy) is 1. The van der Waals surface area contributed by atoms with Crippen LogP contribution >= 0.6 is 0 Å². The Morgan fingerprint density at radius 3 is 2.35 bits per heavy atom. The standard InChI is InChI=1S/C20H24N2O4/c1-20(2,3)26-19(25)22-11-9-21(10-12-22)18(24)15-7-8-16-14(13-15)5-4-6-17(16)23/h13H,4-6,9-12H2,1-3H3. The van der Waals surface area contributed by atoms with Gasteiger partial charge in [0.05, 0.1) is 11.1 Å². The van der Waals surface area contributed by atoms with Crippen molar-refractivity contribution in [2.45, 2.75) is 45.6 Å². The fraction of sp³-hybridized carbons (Fsp3) is 0.550. The number of carbonyl (C=O) groups is 3. The Kier molecular flexibility index (Phi) is 4.90. The number of nitrogens with zero attached hydrogens (tertiary/aromatic N) is 2. The van der Waals surface area contributed by atoms with Crippen LogP contribution in [0.2, 0.25) is 0 Å². The Labute approximate surface area is 153 Å². The number of Topliss-reactive ketones (excluding diaryl/α,β-unsaturated/α-hetero) is 1. The molecule has 0 aromatic carbocycles. The molecule has 0 atom stereocenters. The van der Waals surface area contributed by atoms with Gasteiger partial charge >= 0.3 is 6.09 Å². The molecule has 26 heavy (non-hydrogen) atoms. The fourth-order valence-electron chi connectivity index (χ4n) is 3.21. The molecule has 1 aliphatic heterocycles. The summed E-state index contributed by atoms with van der Waals surface area (Å²) < 4.78 is 5.37. The van der Waals surface area contributed by atoms with Gasteiger partial charge in [-0.25, -0.2) is 4.79 Å². The van der Waals surface area contributed by atoms with E-state index in [2.05, 4.69) is 11.5 Å². The summed E-state index contributed by atoms with van der Waals surface area (Å²) in [6.45, 7) is 7.26. The largest absolute Gasteiger partial charge is 0.444 e. The molecule has 0 aromatic heterocycles. The van der Waals surface area contributed by atoms with Gasteiger partial charge in [0.2, 0.25) is 0 Å². The van der Waals surface area contributed by atoms with Crippen LogP contribution in [-0.4, -0.2) is 59.4 Å². The highest BCUT2D eigenvalue weighted by atomic mass is 16.6. The lowest BCUT2D eigenvalue weighted by atomic mass is 9.86. The van der Waals surface area contributed by atoms with Gasteiger partial charge < -0.3 is 14.5 Å². The average Bonchev–Trinajstić information content (AvgIpc) is 2.60. The number of amides is 2. The number of ketones is 1. The summed E-state index contributed by atoms with van der Waals surface area (Å²) in [5.74, 6) is -0.0571. The van der Waals surface area contributed by atoms with Crippen molar-refractivity contribution >= 4 is 17.8 Å². The summed E-state index contributed by atoms with van der Waals surface area (Å²) in [5.41, 5.74) is 7.08. The van der Waals surface area contributed by atoms with Crippen molar-refractivity contribution in [1.82, 2.24) is 9.80 Å². The molecule has 1 heterocycles. The minimum atomic E-state index is -0.532. The number of piperazine rings is 1. The highest BCUT2D eigenvalue weighted by Gasteiger charge is 2.29. The molecule has 2 amide bonds. The summed E-state index contributed by atoms with van der Waals surface area (Å²) >= 11 is 0. The number of allylic oxidation sites excluding steroid dienone is 2. The number of rotatable bonds is 1. The first-order valence-corrected chi connectivity index (χ1v) is 9.02. The van der Waals surface area contributed by atoms with Gasteiger partial charge in [0, 0.05) is 32.6 Å². The Morgan fingerprint density at radius 1 is 1.04 bits per heavy atom. The molecule has 6 heteroatoms. The smallest absolute Gasteiger partial charge is 0.410 e. The van der Waals surface area contributed by atoms with Gasteiger partial charge in [0.25, 0.3) is 5.91 Å². The molecule has 1 saturated carbocycles. The van der Waals surface area contributed by atoms with E-state index in [1.165, 1.54) is 0 Å². The van der Waals surface area contributed by atoms with E-state index < -0.39 is 5.60 Å². The van der Waals surface area contributed by atoms with E-state index in [-0.39, 0.29) is 17.8 Å². The molecular weight excluding hydrogens is 332 g/mol. The molecule has 0 N–H and O–H groups in total. The molecule has 0 unspecified atom stereocenters. The summed E-state index contributed by atoms with van der Waals surface area (Å²) in [6, 6.07) is 0. The van der Waals surface area contributed by atoms with Crippen molar-refractivity contribution in [3.8, 4) is 0 Å². The van der Waals surface area contributed by atoms with Crippen LogP contribution < -0.4 is 0 Å². The zero-order chi connectivity index (χ0) is 18.9. The number of hydrogen-bond donors (Lipinski definition) is 0. The second-order valence-corrected chi connectivity index (χ2v) is 7.74. The summed E-state index contributed by atoms with van der Waals surface area (Å²) in [7, 11) is 0. The second-order valence-electron chi connectivity index (χ2n) is 7.74. The molecule has 138 valence electrons.